The van der Waals surface area contributed by atoms with Crippen LogP contribution < -0.4 is 26.4 Å². The highest BCUT2D eigenvalue weighted by Crippen LogP contribution is 2.45. The minimum Gasteiger partial charge on any atom is -1.00 e. The van der Waals surface area contributed by atoms with Gasteiger partial charge in [-0.2, -0.15) is 4.57 Å². The molecule has 4 nitrogen and oxygen atoms in total. The molecule has 0 aliphatic carbocycles. The fraction of sp³-hybridized carbons (Fsp3) is 0.100. The highest BCUT2D eigenvalue weighted by atomic mass is 79.9. The van der Waals surface area contributed by atoms with Gasteiger partial charge in [0.25, 0.3) is 0 Å². The Kier molecular flexibility index (Phi) is 5.34. The summed E-state index contributed by atoms with van der Waals surface area (Å²) in [4.78, 5) is 14.5. The first kappa shape index (κ1) is 18.5. The summed E-state index contributed by atoms with van der Waals surface area (Å²) in [6, 6.07) is 18.2. The lowest BCUT2D eigenvalue weighted by Gasteiger charge is -2.13. The van der Waals surface area contributed by atoms with Gasteiger partial charge in [-0.1, -0.05) is 36.0 Å². The summed E-state index contributed by atoms with van der Waals surface area (Å²) in [5.74, 6) is -0.845. The number of carbonyl (C=O) groups is 1. The Morgan fingerprint density at radius 2 is 1.88 bits per heavy atom. The fourth-order valence-electron chi connectivity index (χ4n) is 3.10. The number of hydrogen-bond acceptors (Lipinski definition) is 3. The summed E-state index contributed by atoms with van der Waals surface area (Å²) in [7, 11) is 2.07. The number of aromatic nitrogens is 1. The number of thioether (sulfide) groups is 1. The lowest BCUT2D eigenvalue weighted by molar-refractivity contribution is -0.660. The van der Waals surface area contributed by atoms with Crippen LogP contribution in [0.15, 0.2) is 70.7 Å². The Balaban J connectivity index is 0.00000196. The highest BCUT2D eigenvalue weighted by Gasteiger charge is 2.22. The van der Waals surface area contributed by atoms with Crippen LogP contribution in [0.5, 0.6) is 0 Å². The number of aliphatic carboxylic acids is 1. The topological polar surface area (TPSA) is 44.4 Å². The van der Waals surface area contributed by atoms with Crippen molar-refractivity contribution in [1.82, 2.24) is 0 Å². The molecule has 0 spiro atoms. The number of halogens is 1. The fourth-order valence-corrected chi connectivity index (χ4v) is 4.20. The normalized spacial score (nSPS) is 14.3. The zero-order valence-electron chi connectivity index (χ0n) is 14.1. The zero-order chi connectivity index (χ0) is 17.4. The van der Waals surface area contributed by atoms with Crippen molar-refractivity contribution in [2.24, 2.45) is 0 Å². The average Bonchev–Trinajstić information content (AvgIpc) is 2.93. The predicted octanol–water partition coefficient (Wildman–Crippen LogP) is 0.756. The summed E-state index contributed by atoms with van der Waals surface area (Å²) in [5, 5.41) is 11.3. The van der Waals surface area contributed by atoms with Gasteiger partial charge in [-0.25, -0.2) is 4.79 Å². The van der Waals surface area contributed by atoms with E-state index in [0.29, 0.717) is 0 Å². The minimum atomic E-state index is -0.845. The molecule has 0 amide bonds. The molecule has 0 unspecified atom stereocenters. The molecule has 0 saturated carbocycles. The number of carboxylic acid groups (broad SMARTS) is 1. The molecule has 0 fully saturated rings. The van der Waals surface area contributed by atoms with Gasteiger partial charge in [0, 0.05) is 24.1 Å². The lowest BCUT2D eigenvalue weighted by atomic mass is 10.1. The second kappa shape index (κ2) is 7.51. The van der Waals surface area contributed by atoms with Crippen molar-refractivity contribution >= 4 is 40.4 Å². The number of pyridine rings is 1. The minimum absolute atomic E-state index is 0. The molecule has 0 atom stereocenters. The van der Waals surface area contributed by atoms with E-state index in [0.717, 1.165) is 21.5 Å². The molecular formula is C20H17BrN2O2S. The maximum absolute atomic E-state index is 11.1. The molecule has 2 aromatic carbocycles. The van der Waals surface area contributed by atoms with Crippen LogP contribution in [-0.2, 0) is 11.3 Å². The Morgan fingerprint density at radius 1 is 1.15 bits per heavy atom. The molecule has 4 rings (SSSR count). The van der Waals surface area contributed by atoms with E-state index in [2.05, 4.69) is 36.2 Å². The van der Waals surface area contributed by atoms with E-state index < -0.39 is 5.97 Å². The smallest absolute Gasteiger partial charge is 0.370 e. The maximum Gasteiger partial charge on any atom is 0.370 e. The number of fused-ring (bicyclic) bond motifs is 2. The van der Waals surface area contributed by atoms with Gasteiger partial charge in [0.2, 0.25) is 12.1 Å². The summed E-state index contributed by atoms with van der Waals surface area (Å²) in [5.41, 5.74) is 3.21. The number of carboxylic acids is 1. The number of hydrogen-bond donors (Lipinski definition) is 1. The summed E-state index contributed by atoms with van der Waals surface area (Å²) >= 11 is 1.75. The van der Waals surface area contributed by atoms with Crippen LogP contribution in [0.4, 0.5) is 5.69 Å². The molecular weight excluding hydrogens is 412 g/mol. The second-order valence-corrected chi connectivity index (χ2v) is 6.98. The standard InChI is InChI=1S/C20H16N2O2S.BrH/c1-21-17-8-4-5-9-18(17)25-19(21)12-14-10-11-22(13-20(23)24)16-7-3-2-6-15(14)16;/h2-12H,13H2,1H3;1H. The van der Waals surface area contributed by atoms with Gasteiger partial charge in [0.05, 0.1) is 16.1 Å². The van der Waals surface area contributed by atoms with Gasteiger partial charge < -0.3 is 27.0 Å². The van der Waals surface area contributed by atoms with Crippen molar-refractivity contribution in [3.63, 3.8) is 0 Å². The van der Waals surface area contributed by atoms with Gasteiger partial charge in [-0.05, 0) is 29.8 Å². The van der Waals surface area contributed by atoms with Crippen LogP contribution in [0.3, 0.4) is 0 Å². The largest absolute Gasteiger partial charge is 1.00 e. The van der Waals surface area contributed by atoms with Crippen molar-refractivity contribution in [1.29, 1.82) is 0 Å². The van der Waals surface area contributed by atoms with Gasteiger partial charge in [0.15, 0.2) is 6.20 Å². The molecule has 1 aliphatic heterocycles. The number of para-hydroxylation sites is 2. The van der Waals surface area contributed by atoms with Crippen molar-refractivity contribution in [3.8, 4) is 0 Å². The van der Waals surface area contributed by atoms with Gasteiger partial charge in [-0.15, -0.1) is 0 Å². The molecule has 0 saturated heterocycles. The number of benzene rings is 2. The van der Waals surface area contributed by atoms with E-state index in [1.807, 2.05) is 42.6 Å². The molecule has 1 aromatic heterocycles. The van der Waals surface area contributed by atoms with E-state index in [-0.39, 0.29) is 23.5 Å². The second-order valence-electron chi connectivity index (χ2n) is 5.92. The first-order chi connectivity index (χ1) is 12.1. The number of rotatable bonds is 3. The van der Waals surface area contributed by atoms with Gasteiger partial charge in [0.1, 0.15) is 0 Å². The van der Waals surface area contributed by atoms with E-state index in [1.54, 1.807) is 16.3 Å². The monoisotopic (exact) mass is 428 g/mol. The molecule has 2 heterocycles. The molecule has 1 N–H and O–H groups in total. The summed E-state index contributed by atoms with van der Waals surface area (Å²) < 4.78 is 1.76. The SMILES string of the molecule is CN1/C(=C/c2cc[n+](CC(=O)O)c3ccccc23)Sc2ccccc21.[Br-]. The van der Waals surface area contributed by atoms with Crippen molar-refractivity contribution < 1.29 is 31.4 Å². The summed E-state index contributed by atoms with van der Waals surface area (Å²) in [6.07, 6.45) is 4.01. The first-order valence-corrected chi connectivity index (χ1v) is 8.80. The Bertz CT molecular complexity index is 1020. The van der Waals surface area contributed by atoms with Crippen LogP contribution >= 0.6 is 11.8 Å². The van der Waals surface area contributed by atoms with Gasteiger partial charge >= 0.3 is 5.97 Å². The van der Waals surface area contributed by atoms with Crippen molar-refractivity contribution in [2.75, 3.05) is 11.9 Å². The van der Waals surface area contributed by atoms with Crippen LogP contribution in [0.25, 0.3) is 17.0 Å². The molecule has 0 radical (unpaired) electrons. The Labute approximate surface area is 166 Å². The van der Waals surface area contributed by atoms with E-state index in [1.165, 1.54) is 10.6 Å². The van der Waals surface area contributed by atoms with Crippen LogP contribution in [0.2, 0.25) is 0 Å². The van der Waals surface area contributed by atoms with E-state index >= 15 is 0 Å². The Morgan fingerprint density at radius 3 is 2.65 bits per heavy atom. The number of anilines is 1. The molecule has 6 heteroatoms. The Hall–Kier alpha value is -2.31. The molecule has 132 valence electrons. The van der Waals surface area contributed by atoms with Crippen molar-refractivity contribution in [2.45, 2.75) is 11.4 Å². The van der Waals surface area contributed by atoms with Crippen LogP contribution in [-0.4, -0.2) is 18.1 Å². The highest BCUT2D eigenvalue weighted by molar-refractivity contribution is 8.03. The third-order valence-corrected chi connectivity index (χ3v) is 5.48. The molecule has 26 heavy (non-hydrogen) atoms. The quantitative estimate of drug-likeness (QED) is 0.625. The van der Waals surface area contributed by atoms with Crippen LogP contribution in [0.1, 0.15) is 5.56 Å². The predicted molar refractivity (Wildman–Crippen MR) is 100 cm³/mol. The maximum atomic E-state index is 11.1. The summed E-state index contributed by atoms with van der Waals surface area (Å²) in [6.45, 7) is -0.0442. The molecule has 0 bridgehead atoms. The van der Waals surface area contributed by atoms with E-state index in [4.69, 9.17) is 5.11 Å². The third kappa shape index (κ3) is 3.34. The number of nitrogens with zero attached hydrogens (tertiary/aromatic N) is 2. The third-order valence-electron chi connectivity index (χ3n) is 4.31. The zero-order valence-corrected chi connectivity index (χ0v) is 16.5. The van der Waals surface area contributed by atoms with Crippen LogP contribution in [0, 0.1) is 0 Å². The molecule has 1 aliphatic rings. The lowest BCUT2D eigenvalue weighted by Crippen LogP contribution is -3.00. The first-order valence-electron chi connectivity index (χ1n) is 7.99. The van der Waals surface area contributed by atoms with Gasteiger partial charge in [-0.3, -0.25) is 0 Å². The van der Waals surface area contributed by atoms with Crippen molar-refractivity contribution in [3.05, 3.63) is 71.4 Å². The van der Waals surface area contributed by atoms with E-state index in [9.17, 15) is 4.79 Å². The molecule has 3 aromatic rings. The average molecular weight is 429 g/mol.